The van der Waals surface area contributed by atoms with Crippen LogP contribution in [0.25, 0.3) is 5.52 Å². The van der Waals surface area contributed by atoms with Gasteiger partial charge in [-0.3, -0.25) is 9.59 Å². The molecule has 0 aromatic carbocycles. The smallest absolute Gasteiger partial charge is 0.254 e. The van der Waals surface area contributed by atoms with Crippen LogP contribution >= 0.6 is 0 Å². The minimum absolute atomic E-state index is 0.0261. The summed E-state index contributed by atoms with van der Waals surface area (Å²) in [7, 11) is 1.39. The Morgan fingerprint density at radius 3 is 2.90 bits per heavy atom. The number of nitriles is 1. The molecular formula is C20H18FN7O3. The van der Waals surface area contributed by atoms with Crippen molar-refractivity contribution in [3.05, 3.63) is 41.9 Å². The molecule has 1 fully saturated rings. The van der Waals surface area contributed by atoms with Crippen LogP contribution in [0.15, 0.2) is 30.7 Å². The fourth-order valence-electron chi connectivity index (χ4n) is 3.11. The highest BCUT2D eigenvalue weighted by Crippen LogP contribution is 2.36. The Morgan fingerprint density at radius 2 is 2.23 bits per heavy atom. The molecule has 0 aliphatic heterocycles. The molecule has 4 rings (SSSR count). The molecule has 11 heteroatoms. The Bertz CT molecular complexity index is 1340. The van der Waals surface area contributed by atoms with Crippen LogP contribution in [0.2, 0.25) is 0 Å². The third-order valence-electron chi connectivity index (χ3n) is 4.79. The van der Waals surface area contributed by atoms with Crippen molar-refractivity contribution in [2.75, 3.05) is 24.7 Å². The number of alkyl halides is 1. The number of ether oxygens (including phenoxy) is 1. The van der Waals surface area contributed by atoms with Gasteiger partial charge >= 0.3 is 0 Å². The summed E-state index contributed by atoms with van der Waals surface area (Å²) in [6, 6.07) is 4.85. The SMILES string of the molecule is [2H]C([2H])([2H])NC(=O)c1cnc(NC(=O)[C@@H]2C[C@@H]2F)cc1Nc1cnn2ccc(C#N)c(OC)c12. The Morgan fingerprint density at radius 1 is 1.42 bits per heavy atom. The van der Waals surface area contributed by atoms with Crippen molar-refractivity contribution in [3.63, 3.8) is 0 Å². The Labute approximate surface area is 180 Å². The van der Waals surface area contributed by atoms with Crippen molar-refractivity contribution in [1.29, 1.82) is 5.26 Å². The highest BCUT2D eigenvalue weighted by Gasteiger charge is 2.43. The number of halogens is 1. The number of carbonyl (C=O) groups excluding carboxylic acids is 2. The summed E-state index contributed by atoms with van der Waals surface area (Å²) < 4.78 is 41.9. The van der Waals surface area contributed by atoms with Gasteiger partial charge < -0.3 is 20.7 Å². The zero-order valence-corrected chi connectivity index (χ0v) is 16.1. The Hall–Kier alpha value is -4.20. The fraction of sp³-hybridized carbons (Fsp3) is 0.250. The zero-order chi connectivity index (χ0) is 24.6. The third-order valence-corrected chi connectivity index (χ3v) is 4.79. The molecule has 3 aromatic heterocycles. The monoisotopic (exact) mass is 426 g/mol. The molecule has 158 valence electrons. The molecule has 1 saturated carbocycles. The van der Waals surface area contributed by atoms with Crippen molar-refractivity contribution >= 4 is 34.5 Å². The summed E-state index contributed by atoms with van der Waals surface area (Å²) >= 11 is 0. The van der Waals surface area contributed by atoms with E-state index in [9.17, 15) is 19.2 Å². The standard InChI is InChI=1S/C20H18FN7O3/c1-23-19(29)12-8-24-16(27-20(30)11-5-13(11)21)6-14(12)26-15-9-25-28-4-3-10(7-22)18(31-2)17(15)28/h3-4,6,8-9,11,13H,5H2,1-2H3,(H,23,29)(H2,24,26,27,30)/t11-,13+/m1/s1/i1D3. The number of pyridine rings is 2. The third kappa shape index (κ3) is 3.71. The summed E-state index contributed by atoms with van der Waals surface area (Å²) in [5, 5.41) is 20.9. The van der Waals surface area contributed by atoms with Crippen molar-refractivity contribution in [3.8, 4) is 11.8 Å². The van der Waals surface area contributed by atoms with Crippen LogP contribution < -0.4 is 20.7 Å². The lowest BCUT2D eigenvalue weighted by atomic mass is 10.2. The van der Waals surface area contributed by atoms with E-state index in [1.807, 2.05) is 11.4 Å². The lowest BCUT2D eigenvalue weighted by Crippen LogP contribution is -2.21. The second kappa shape index (κ2) is 7.91. The minimum atomic E-state index is -2.75. The molecular weight excluding hydrogens is 405 g/mol. The van der Waals surface area contributed by atoms with E-state index in [2.05, 4.69) is 20.7 Å². The van der Waals surface area contributed by atoms with Crippen LogP contribution in [-0.4, -0.2) is 46.7 Å². The van der Waals surface area contributed by atoms with Gasteiger partial charge in [0.15, 0.2) is 5.75 Å². The molecule has 10 nitrogen and oxygen atoms in total. The van der Waals surface area contributed by atoms with Crippen LogP contribution in [-0.2, 0) is 4.79 Å². The van der Waals surface area contributed by atoms with Gasteiger partial charge in [0.05, 0.1) is 41.7 Å². The molecule has 0 spiro atoms. The van der Waals surface area contributed by atoms with Gasteiger partial charge in [0.2, 0.25) is 5.91 Å². The highest BCUT2D eigenvalue weighted by molar-refractivity contribution is 6.02. The quantitative estimate of drug-likeness (QED) is 0.549. The number of aromatic nitrogens is 3. The van der Waals surface area contributed by atoms with Gasteiger partial charge in [-0.15, -0.1) is 0 Å². The molecule has 3 N–H and O–H groups in total. The molecule has 0 unspecified atom stereocenters. The molecule has 0 radical (unpaired) electrons. The number of hydrogen-bond acceptors (Lipinski definition) is 7. The van der Waals surface area contributed by atoms with Crippen molar-refractivity contribution in [2.24, 2.45) is 5.92 Å². The predicted molar refractivity (Wildman–Crippen MR) is 109 cm³/mol. The van der Waals surface area contributed by atoms with Gasteiger partial charge in [0.25, 0.3) is 5.91 Å². The maximum Gasteiger partial charge on any atom is 0.254 e. The molecule has 3 heterocycles. The van der Waals surface area contributed by atoms with E-state index < -0.39 is 30.9 Å². The Balaban J connectivity index is 1.75. The number of carbonyl (C=O) groups is 2. The Kier molecular flexibility index (Phi) is 4.23. The summed E-state index contributed by atoms with van der Waals surface area (Å²) in [4.78, 5) is 28.7. The number of hydrogen-bond donors (Lipinski definition) is 3. The summed E-state index contributed by atoms with van der Waals surface area (Å²) in [5.41, 5.74) is 0.889. The second-order valence-corrected chi connectivity index (χ2v) is 6.77. The van der Waals surface area contributed by atoms with Gasteiger partial charge in [-0.05, 0) is 12.5 Å². The van der Waals surface area contributed by atoms with Crippen molar-refractivity contribution < 1.29 is 22.8 Å². The van der Waals surface area contributed by atoms with E-state index in [1.54, 1.807) is 6.20 Å². The molecule has 3 aromatic rings. The molecule has 0 bridgehead atoms. The van der Waals surface area contributed by atoms with E-state index in [0.29, 0.717) is 11.2 Å². The van der Waals surface area contributed by atoms with Gasteiger partial charge in [-0.25, -0.2) is 13.9 Å². The molecule has 2 atom stereocenters. The topological polar surface area (TPSA) is 133 Å². The number of fused-ring (bicyclic) bond motifs is 1. The average Bonchev–Trinajstić information content (AvgIpc) is 3.38. The molecule has 2 amide bonds. The van der Waals surface area contributed by atoms with E-state index in [0.717, 1.165) is 6.20 Å². The number of anilines is 3. The number of amides is 2. The van der Waals surface area contributed by atoms with Gasteiger partial charge in [0, 0.05) is 29.5 Å². The first-order chi connectivity index (χ1) is 16.1. The van der Waals surface area contributed by atoms with Crippen molar-refractivity contribution in [2.45, 2.75) is 12.6 Å². The van der Waals surface area contributed by atoms with E-state index in [1.165, 1.54) is 30.0 Å². The summed E-state index contributed by atoms with van der Waals surface area (Å²) in [6.07, 6.45) is 2.97. The van der Waals surface area contributed by atoms with E-state index in [-0.39, 0.29) is 34.8 Å². The van der Waals surface area contributed by atoms with Crippen LogP contribution in [0.4, 0.5) is 21.6 Å². The lowest BCUT2D eigenvalue weighted by molar-refractivity contribution is -0.117. The maximum absolute atomic E-state index is 13.2. The van der Waals surface area contributed by atoms with Gasteiger partial charge in [-0.1, -0.05) is 0 Å². The van der Waals surface area contributed by atoms with Gasteiger partial charge in [-0.2, -0.15) is 10.4 Å². The van der Waals surface area contributed by atoms with Crippen LogP contribution in [0.3, 0.4) is 0 Å². The molecule has 1 aliphatic rings. The number of rotatable bonds is 6. The lowest BCUT2D eigenvalue weighted by Gasteiger charge is -2.13. The normalized spacial score (nSPS) is 18.8. The minimum Gasteiger partial charge on any atom is -0.493 e. The van der Waals surface area contributed by atoms with E-state index >= 15 is 0 Å². The summed E-state index contributed by atoms with van der Waals surface area (Å²) in [6.45, 7) is -2.75. The average molecular weight is 426 g/mol. The van der Waals surface area contributed by atoms with Crippen molar-refractivity contribution in [1.82, 2.24) is 19.9 Å². The van der Waals surface area contributed by atoms with Crippen LogP contribution in [0.5, 0.6) is 5.75 Å². The number of nitrogens with one attached hydrogen (secondary N) is 3. The predicted octanol–water partition coefficient (Wildman–Crippen LogP) is 2.01. The first kappa shape index (κ1) is 16.6. The van der Waals surface area contributed by atoms with E-state index in [4.69, 9.17) is 8.85 Å². The molecule has 31 heavy (non-hydrogen) atoms. The molecule has 0 saturated heterocycles. The van der Waals surface area contributed by atoms with Crippen LogP contribution in [0.1, 0.15) is 26.5 Å². The summed E-state index contributed by atoms with van der Waals surface area (Å²) in [5.74, 6) is -2.01. The second-order valence-electron chi connectivity index (χ2n) is 6.77. The number of nitrogens with zero attached hydrogens (tertiary/aromatic N) is 4. The highest BCUT2D eigenvalue weighted by atomic mass is 19.1. The fourth-order valence-corrected chi connectivity index (χ4v) is 3.11. The number of methoxy groups -OCH3 is 1. The van der Waals surface area contributed by atoms with Gasteiger partial charge in [0.1, 0.15) is 23.6 Å². The zero-order valence-electron chi connectivity index (χ0n) is 19.1. The largest absolute Gasteiger partial charge is 0.493 e. The van der Waals surface area contributed by atoms with Crippen LogP contribution in [0, 0.1) is 17.2 Å². The first-order valence-corrected chi connectivity index (χ1v) is 9.10. The first-order valence-electron chi connectivity index (χ1n) is 10.6. The maximum atomic E-state index is 13.2. The molecule has 1 aliphatic carbocycles.